The number of hydrogen-bond donors (Lipinski definition) is 1. The van der Waals surface area contributed by atoms with Gasteiger partial charge in [0.25, 0.3) is 5.91 Å². The molecule has 0 aliphatic heterocycles. The van der Waals surface area contributed by atoms with Gasteiger partial charge < -0.3 is 10.1 Å². The van der Waals surface area contributed by atoms with Gasteiger partial charge in [0.1, 0.15) is 6.10 Å². The average molecular weight is 452 g/mol. The summed E-state index contributed by atoms with van der Waals surface area (Å²) in [6, 6.07) is 18.3. The van der Waals surface area contributed by atoms with Gasteiger partial charge in [-0.2, -0.15) is 0 Å². The van der Waals surface area contributed by atoms with Gasteiger partial charge in [0.15, 0.2) is 0 Å². The highest BCUT2D eigenvalue weighted by atomic mass is 79.9. The van der Waals surface area contributed by atoms with Crippen LogP contribution in [0.5, 0.6) is 0 Å². The minimum atomic E-state index is -0.298. The fraction of sp³-hybridized carbons (Fsp3) is 0.250. The van der Waals surface area contributed by atoms with Crippen molar-refractivity contribution >= 4 is 44.3 Å². The van der Waals surface area contributed by atoms with E-state index in [9.17, 15) is 9.59 Å². The molecular formula is C24H22BrNO3. The summed E-state index contributed by atoms with van der Waals surface area (Å²) >= 11 is 3.53. The maximum Gasteiger partial charge on any atom is 0.338 e. The standard InChI is InChI=1S/C24H22BrNO3/c25-22-11-5-8-19-20(22)9-4-10-21(19)23(27)26-17-14-12-16(13-15-17)24(28)29-18-6-2-1-3-7-18/h4-5,8-15,18H,1-3,6-7H2,(H,26,27). The molecule has 1 fully saturated rings. The van der Waals surface area contributed by atoms with Crippen LogP contribution >= 0.6 is 15.9 Å². The predicted molar refractivity (Wildman–Crippen MR) is 118 cm³/mol. The van der Waals surface area contributed by atoms with Crippen molar-refractivity contribution in [3.05, 3.63) is 76.3 Å². The van der Waals surface area contributed by atoms with Crippen LogP contribution in [0.25, 0.3) is 10.8 Å². The van der Waals surface area contributed by atoms with E-state index in [0.717, 1.165) is 40.9 Å². The molecule has 0 bridgehead atoms. The van der Waals surface area contributed by atoms with E-state index in [4.69, 9.17) is 4.74 Å². The van der Waals surface area contributed by atoms with Gasteiger partial charge in [-0.3, -0.25) is 4.79 Å². The highest BCUT2D eigenvalue weighted by Crippen LogP contribution is 2.27. The lowest BCUT2D eigenvalue weighted by Gasteiger charge is -2.21. The summed E-state index contributed by atoms with van der Waals surface area (Å²) in [6.45, 7) is 0. The van der Waals surface area contributed by atoms with Crippen molar-refractivity contribution < 1.29 is 14.3 Å². The second-order valence-electron chi connectivity index (χ2n) is 7.34. The number of fused-ring (bicyclic) bond motifs is 1. The Balaban J connectivity index is 1.45. The summed E-state index contributed by atoms with van der Waals surface area (Å²) in [5.41, 5.74) is 1.74. The van der Waals surface area contributed by atoms with Gasteiger partial charge in [0, 0.05) is 15.7 Å². The van der Waals surface area contributed by atoms with Crippen molar-refractivity contribution in [1.82, 2.24) is 0 Å². The topological polar surface area (TPSA) is 55.4 Å². The Bertz CT molecular complexity index is 1040. The van der Waals surface area contributed by atoms with E-state index in [2.05, 4.69) is 21.2 Å². The number of benzene rings is 3. The maximum atomic E-state index is 12.8. The molecule has 1 aliphatic rings. The molecule has 0 spiro atoms. The SMILES string of the molecule is O=C(OC1CCCCC1)c1ccc(NC(=O)c2cccc3c(Br)cccc23)cc1. The molecule has 4 nitrogen and oxygen atoms in total. The third-order valence-electron chi connectivity index (χ3n) is 5.32. The molecule has 29 heavy (non-hydrogen) atoms. The average Bonchev–Trinajstić information content (AvgIpc) is 2.75. The van der Waals surface area contributed by atoms with E-state index in [1.165, 1.54) is 6.42 Å². The van der Waals surface area contributed by atoms with E-state index < -0.39 is 0 Å². The highest BCUT2D eigenvalue weighted by molar-refractivity contribution is 9.10. The van der Waals surface area contributed by atoms with Gasteiger partial charge >= 0.3 is 5.97 Å². The molecular weight excluding hydrogens is 430 g/mol. The van der Waals surface area contributed by atoms with Crippen LogP contribution in [-0.4, -0.2) is 18.0 Å². The Morgan fingerprint density at radius 1 is 0.862 bits per heavy atom. The highest BCUT2D eigenvalue weighted by Gasteiger charge is 2.19. The van der Waals surface area contributed by atoms with Gasteiger partial charge in [-0.05, 0) is 72.9 Å². The molecule has 3 aromatic rings. The Morgan fingerprint density at radius 3 is 2.31 bits per heavy atom. The first-order valence-corrected chi connectivity index (χ1v) is 10.7. The first kappa shape index (κ1) is 19.6. The molecule has 5 heteroatoms. The molecule has 0 saturated heterocycles. The quantitative estimate of drug-likeness (QED) is 0.470. The summed E-state index contributed by atoms with van der Waals surface area (Å²) in [5, 5.41) is 4.78. The smallest absolute Gasteiger partial charge is 0.338 e. The van der Waals surface area contributed by atoms with Crippen LogP contribution in [0.2, 0.25) is 0 Å². The van der Waals surface area contributed by atoms with Gasteiger partial charge in [-0.25, -0.2) is 4.79 Å². The van der Waals surface area contributed by atoms with Gasteiger partial charge in [0.2, 0.25) is 0 Å². The molecule has 1 aliphatic carbocycles. The van der Waals surface area contributed by atoms with Gasteiger partial charge in [-0.1, -0.05) is 46.6 Å². The van der Waals surface area contributed by atoms with Crippen LogP contribution in [0, 0.1) is 0 Å². The Hall–Kier alpha value is -2.66. The zero-order valence-corrected chi connectivity index (χ0v) is 17.6. The molecule has 1 amide bonds. The van der Waals surface area contributed by atoms with Crippen LogP contribution in [0.1, 0.15) is 52.8 Å². The molecule has 4 rings (SSSR count). The maximum absolute atomic E-state index is 12.8. The third kappa shape index (κ3) is 4.51. The van der Waals surface area contributed by atoms with E-state index >= 15 is 0 Å². The summed E-state index contributed by atoms with van der Waals surface area (Å²) in [5.74, 6) is -0.486. The van der Waals surface area contributed by atoms with Crippen molar-refractivity contribution in [1.29, 1.82) is 0 Å². The molecule has 0 heterocycles. The normalized spacial score (nSPS) is 14.5. The Labute approximate surface area is 178 Å². The van der Waals surface area contributed by atoms with Crippen molar-refractivity contribution in [2.45, 2.75) is 38.2 Å². The summed E-state index contributed by atoms with van der Waals surface area (Å²) < 4.78 is 6.55. The first-order chi connectivity index (χ1) is 14.1. The van der Waals surface area contributed by atoms with Crippen LogP contribution in [0.15, 0.2) is 65.1 Å². The van der Waals surface area contributed by atoms with Crippen molar-refractivity contribution in [2.24, 2.45) is 0 Å². The number of amides is 1. The summed E-state index contributed by atoms with van der Waals surface area (Å²) in [4.78, 5) is 25.1. The largest absolute Gasteiger partial charge is 0.459 e. The zero-order valence-electron chi connectivity index (χ0n) is 16.0. The number of halogens is 1. The lowest BCUT2D eigenvalue weighted by Crippen LogP contribution is -2.21. The fourth-order valence-corrected chi connectivity index (χ4v) is 4.26. The van der Waals surface area contributed by atoms with E-state index in [1.807, 2.05) is 30.3 Å². The Morgan fingerprint density at radius 2 is 1.55 bits per heavy atom. The molecule has 1 saturated carbocycles. The zero-order chi connectivity index (χ0) is 20.2. The lowest BCUT2D eigenvalue weighted by molar-refractivity contribution is 0.0211. The number of carbonyl (C=O) groups is 2. The number of esters is 1. The molecule has 0 unspecified atom stereocenters. The number of ether oxygens (including phenoxy) is 1. The Kier molecular flexibility index (Phi) is 5.95. The van der Waals surface area contributed by atoms with Crippen molar-refractivity contribution in [2.75, 3.05) is 5.32 Å². The fourth-order valence-electron chi connectivity index (χ4n) is 3.76. The molecule has 0 atom stereocenters. The number of anilines is 1. The number of hydrogen-bond acceptors (Lipinski definition) is 3. The lowest BCUT2D eigenvalue weighted by atomic mass is 9.98. The van der Waals surface area contributed by atoms with E-state index in [-0.39, 0.29) is 18.0 Å². The number of nitrogens with one attached hydrogen (secondary N) is 1. The van der Waals surface area contributed by atoms with Crippen molar-refractivity contribution in [3.8, 4) is 0 Å². The number of rotatable bonds is 4. The monoisotopic (exact) mass is 451 g/mol. The van der Waals surface area contributed by atoms with E-state index in [0.29, 0.717) is 16.8 Å². The number of carbonyl (C=O) groups excluding carboxylic acids is 2. The second-order valence-corrected chi connectivity index (χ2v) is 8.19. The van der Waals surface area contributed by atoms with Crippen LogP contribution in [-0.2, 0) is 4.74 Å². The predicted octanol–water partition coefficient (Wildman–Crippen LogP) is 6.34. The van der Waals surface area contributed by atoms with Crippen LogP contribution in [0.3, 0.4) is 0 Å². The minimum Gasteiger partial charge on any atom is -0.459 e. The van der Waals surface area contributed by atoms with Gasteiger partial charge in [-0.15, -0.1) is 0 Å². The molecule has 148 valence electrons. The molecule has 0 radical (unpaired) electrons. The summed E-state index contributed by atoms with van der Waals surface area (Å²) in [6.07, 6.45) is 5.38. The second kappa shape index (κ2) is 8.78. The van der Waals surface area contributed by atoms with Gasteiger partial charge in [0.05, 0.1) is 5.56 Å². The van der Waals surface area contributed by atoms with Crippen LogP contribution in [0.4, 0.5) is 5.69 Å². The molecule has 1 N–H and O–H groups in total. The van der Waals surface area contributed by atoms with Crippen molar-refractivity contribution in [3.63, 3.8) is 0 Å². The van der Waals surface area contributed by atoms with Crippen LogP contribution < -0.4 is 5.32 Å². The summed E-state index contributed by atoms with van der Waals surface area (Å²) in [7, 11) is 0. The molecule has 0 aromatic heterocycles. The minimum absolute atomic E-state index is 0.0290. The third-order valence-corrected chi connectivity index (χ3v) is 6.01. The van der Waals surface area contributed by atoms with E-state index in [1.54, 1.807) is 30.3 Å². The molecule has 3 aromatic carbocycles. The first-order valence-electron chi connectivity index (χ1n) is 9.91.